The van der Waals surface area contributed by atoms with Crippen molar-refractivity contribution in [3.8, 4) is 17.4 Å². The second kappa shape index (κ2) is 7.77. The molecule has 1 unspecified atom stereocenters. The summed E-state index contributed by atoms with van der Waals surface area (Å²) in [4.78, 5) is 8.74. The first-order valence-corrected chi connectivity index (χ1v) is 9.55. The Morgan fingerprint density at radius 2 is 2.25 bits per heavy atom. The van der Waals surface area contributed by atoms with Gasteiger partial charge in [0.15, 0.2) is 17.3 Å². The first-order valence-electron chi connectivity index (χ1n) is 9.55. The molecule has 28 heavy (non-hydrogen) atoms. The molecule has 0 amide bonds. The second-order valence-corrected chi connectivity index (χ2v) is 7.71. The molecule has 0 aliphatic carbocycles. The Labute approximate surface area is 164 Å². The zero-order valence-electron chi connectivity index (χ0n) is 16.1. The van der Waals surface area contributed by atoms with Gasteiger partial charge in [-0.15, -0.1) is 0 Å². The lowest BCUT2D eigenvalue weighted by atomic mass is 10.0. The molecular weight excluding hydrogens is 358 g/mol. The van der Waals surface area contributed by atoms with Crippen molar-refractivity contribution in [2.45, 2.75) is 44.8 Å². The van der Waals surface area contributed by atoms with Crippen molar-refractivity contribution in [2.24, 2.45) is 4.99 Å². The van der Waals surface area contributed by atoms with Crippen LogP contribution in [0.2, 0.25) is 0 Å². The minimum atomic E-state index is -0.236. The maximum atomic E-state index is 9.42. The van der Waals surface area contributed by atoms with Crippen LogP contribution in [-0.4, -0.2) is 40.9 Å². The van der Waals surface area contributed by atoms with E-state index in [1.807, 2.05) is 12.1 Å². The number of para-hydroxylation sites is 1. The highest BCUT2D eigenvalue weighted by atomic mass is 16.5. The van der Waals surface area contributed by atoms with Gasteiger partial charge in [-0.1, -0.05) is 12.1 Å². The largest absolute Gasteiger partial charge is 0.483 e. The molecule has 7 nitrogen and oxygen atoms in total. The molecule has 7 heteroatoms. The summed E-state index contributed by atoms with van der Waals surface area (Å²) in [7, 11) is 0. The number of fused-ring (bicyclic) bond motifs is 1. The van der Waals surface area contributed by atoms with Crippen molar-refractivity contribution >= 4 is 5.84 Å². The van der Waals surface area contributed by atoms with Gasteiger partial charge in [0.25, 0.3) is 0 Å². The summed E-state index contributed by atoms with van der Waals surface area (Å²) in [6.45, 7) is 5.40. The predicted octanol–water partition coefficient (Wildman–Crippen LogP) is 3.49. The first-order chi connectivity index (χ1) is 13.5. The van der Waals surface area contributed by atoms with Gasteiger partial charge in [0.1, 0.15) is 5.60 Å². The Morgan fingerprint density at radius 1 is 1.36 bits per heavy atom. The van der Waals surface area contributed by atoms with E-state index in [0.29, 0.717) is 29.6 Å². The number of hydrogen-bond acceptors (Lipinski definition) is 6. The number of nitrogens with zero attached hydrogens (tertiary/aromatic N) is 2. The summed E-state index contributed by atoms with van der Waals surface area (Å²) >= 11 is 0. The molecule has 1 atom stereocenters. The van der Waals surface area contributed by atoms with Crippen LogP contribution in [0, 0.1) is 0 Å². The molecule has 1 aromatic heterocycles. The average Bonchev–Trinajstić information content (AvgIpc) is 3.30. The smallest absolute Gasteiger partial charge is 0.219 e. The summed E-state index contributed by atoms with van der Waals surface area (Å²) in [5, 5.41) is 9.42. The minimum absolute atomic E-state index is 0.114. The topological polar surface area (TPSA) is 85.2 Å². The van der Waals surface area contributed by atoms with Gasteiger partial charge in [0.05, 0.1) is 12.6 Å². The number of amidine groups is 1. The van der Waals surface area contributed by atoms with Crippen LogP contribution in [-0.2, 0) is 11.2 Å². The van der Waals surface area contributed by atoms with E-state index in [1.165, 1.54) is 0 Å². The molecule has 0 spiro atoms. The molecule has 2 N–H and O–H groups in total. The lowest BCUT2D eigenvalue weighted by Gasteiger charge is -2.18. The highest BCUT2D eigenvalue weighted by Crippen LogP contribution is 2.43. The molecule has 4 rings (SSSR count). The molecule has 1 aromatic carbocycles. The number of nitrogens with one attached hydrogen (secondary N) is 1. The van der Waals surface area contributed by atoms with E-state index in [0.717, 1.165) is 37.2 Å². The molecule has 0 bridgehead atoms. The molecule has 0 radical (unpaired) electrons. The number of rotatable bonds is 5. The van der Waals surface area contributed by atoms with E-state index in [-0.39, 0.29) is 11.7 Å². The van der Waals surface area contributed by atoms with E-state index in [2.05, 4.69) is 35.4 Å². The van der Waals surface area contributed by atoms with Crippen LogP contribution in [0.25, 0.3) is 0 Å². The van der Waals surface area contributed by atoms with Crippen LogP contribution in [0.4, 0.5) is 0 Å². The monoisotopic (exact) mass is 383 g/mol. The average molecular weight is 383 g/mol. The van der Waals surface area contributed by atoms with Gasteiger partial charge in [-0.3, -0.25) is 15.7 Å². The molecule has 0 saturated carbocycles. The Balaban J connectivity index is 1.47. The van der Waals surface area contributed by atoms with Gasteiger partial charge in [-0.05, 0) is 38.8 Å². The highest BCUT2D eigenvalue weighted by Gasteiger charge is 2.32. The standard InChI is InChI=1S/C21H25N3O4/c1-21(2)11-14-5-3-7-17(19(14)28-21)27-18-9-8-15(12-22-18)20(24-25)23-13-16-6-4-10-26-16/h3,5,7-9,12,16,25H,4,6,10-11,13H2,1-2H3,(H,23,24). The quantitative estimate of drug-likeness (QED) is 0.467. The van der Waals surface area contributed by atoms with Gasteiger partial charge in [-0.2, -0.15) is 0 Å². The van der Waals surface area contributed by atoms with Gasteiger partial charge in [0, 0.05) is 36.4 Å². The SMILES string of the molecule is CC1(C)Cc2cccc(Oc3ccc(C(=NCC4CCCO4)NO)cn3)c2O1. The van der Waals surface area contributed by atoms with E-state index in [4.69, 9.17) is 14.2 Å². The molecule has 2 aliphatic rings. The number of benzene rings is 1. The highest BCUT2D eigenvalue weighted by molar-refractivity contribution is 5.97. The molecule has 1 fully saturated rings. The molecule has 1 saturated heterocycles. The second-order valence-electron chi connectivity index (χ2n) is 7.71. The van der Waals surface area contributed by atoms with Crippen LogP contribution in [0.15, 0.2) is 41.5 Å². The van der Waals surface area contributed by atoms with Crippen LogP contribution in [0.1, 0.15) is 37.8 Å². The molecular formula is C21H25N3O4. The fourth-order valence-electron chi connectivity index (χ4n) is 3.53. The predicted molar refractivity (Wildman–Crippen MR) is 104 cm³/mol. The van der Waals surface area contributed by atoms with E-state index in [9.17, 15) is 5.21 Å². The van der Waals surface area contributed by atoms with Crippen molar-refractivity contribution in [3.05, 3.63) is 47.7 Å². The van der Waals surface area contributed by atoms with Crippen molar-refractivity contribution < 1.29 is 19.4 Å². The third-order valence-corrected chi connectivity index (χ3v) is 4.86. The number of pyridine rings is 1. The van der Waals surface area contributed by atoms with Gasteiger partial charge >= 0.3 is 0 Å². The third kappa shape index (κ3) is 4.10. The number of hydrogen-bond donors (Lipinski definition) is 2. The normalized spacial score (nSPS) is 20.5. The fraction of sp³-hybridized carbons (Fsp3) is 0.429. The Hall–Kier alpha value is -2.64. The summed E-state index contributed by atoms with van der Waals surface area (Å²) in [5.74, 6) is 2.23. The maximum absolute atomic E-state index is 9.42. The van der Waals surface area contributed by atoms with Crippen molar-refractivity contribution in [3.63, 3.8) is 0 Å². The van der Waals surface area contributed by atoms with Crippen LogP contribution in [0.3, 0.4) is 0 Å². The molecule has 2 aliphatic heterocycles. The number of ether oxygens (including phenoxy) is 3. The molecule has 148 valence electrons. The summed E-state index contributed by atoms with van der Waals surface area (Å²) in [6.07, 6.45) is 4.62. The molecule has 3 heterocycles. The van der Waals surface area contributed by atoms with Crippen molar-refractivity contribution in [1.29, 1.82) is 0 Å². The Kier molecular flexibility index (Phi) is 5.19. The summed E-state index contributed by atoms with van der Waals surface area (Å²) < 4.78 is 17.5. The summed E-state index contributed by atoms with van der Waals surface area (Å²) in [6, 6.07) is 9.43. The van der Waals surface area contributed by atoms with Gasteiger partial charge in [-0.25, -0.2) is 4.98 Å². The summed E-state index contributed by atoms with van der Waals surface area (Å²) in [5.41, 5.74) is 3.71. The number of aromatic nitrogens is 1. The van der Waals surface area contributed by atoms with Crippen molar-refractivity contribution in [1.82, 2.24) is 10.5 Å². The molecule has 2 aromatic rings. The first kappa shape index (κ1) is 18.7. The number of aliphatic imine (C=N–C) groups is 1. The van der Waals surface area contributed by atoms with Gasteiger partial charge in [0.2, 0.25) is 5.88 Å². The number of hydroxylamine groups is 1. The van der Waals surface area contributed by atoms with E-state index < -0.39 is 0 Å². The minimum Gasteiger partial charge on any atom is -0.483 e. The van der Waals surface area contributed by atoms with E-state index >= 15 is 0 Å². The van der Waals surface area contributed by atoms with E-state index in [1.54, 1.807) is 18.3 Å². The van der Waals surface area contributed by atoms with Gasteiger partial charge < -0.3 is 14.2 Å². The Bertz CT molecular complexity index is 858. The Morgan fingerprint density at radius 3 is 2.96 bits per heavy atom. The lowest BCUT2D eigenvalue weighted by Crippen LogP contribution is -2.24. The maximum Gasteiger partial charge on any atom is 0.219 e. The van der Waals surface area contributed by atoms with Crippen LogP contribution < -0.4 is 15.0 Å². The van der Waals surface area contributed by atoms with Crippen LogP contribution in [0.5, 0.6) is 17.4 Å². The van der Waals surface area contributed by atoms with Crippen LogP contribution >= 0.6 is 0 Å². The lowest BCUT2D eigenvalue weighted by molar-refractivity contribution is 0.117. The zero-order chi connectivity index (χ0) is 19.6. The zero-order valence-corrected chi connectivity index (χ0v) is 16.1. The third-order valence-electron chi connectivity index (χ3n) is 4.86. The fourth-order valence-corrected chi connectivity index (χ4v) is 3.53. The van der Waals surface area contributed by atoms with Crippen molar-refractivity contribution in [2.75, 3.05) is 13.2 Å².